The maximum Gasteiger partial charge on any atom is 0.304 e. The molecule has 2 aromatic carbocycles. The molecule has 1 aliphatic carbocycles. The third-order valence-electron chi connectivity index (χ3n) is 8.99. The Kier molecular flexibility index (Phi) is 8.21. The standard InChI is InChI=1S/C30H37Cl2NO5S/c1-5-28(2,3)39(37,38)30(20-9-10-20,21-11-13-22(31)14-12-21)17-25-24(19-7-6-8-23(32)15-19)16-29(4,18-26(34)35)27(36)33-25/h6-8,11-15,20,24-25H,5,9-10,16-18H2,1-4H3,(H,33,36)(H,34,35)/t24-,25+,29+,30+/m1/s1. The van der Waals surface area contributed by atoms with Gasteiger partial charge < -0.3 is 10.4 Å². The minimum atomic E-state index is -3.81. The highest BCUT2D eigenvalue weighted by Gasteiger charge is 2.61. The van der Waals surface area contributed by atoms with Gasteiger partial charge in [0.05, 0.1) is 16.6 Å². The Morgan fingerprint density at radius 2 is 1.74 bits per heavy atom. The molecule has 0 aromatic heterocycles. The van der Waals surface area contributed by atoms with E-state index in [0.717, 1.165) is 18.4 Å². The van der Waals surface area contributed by atoms with Gasteiger partial charge in [-0.1, -0.05) is 61.3 Å². The summed E-state index contributed by atoms with van der Waals surface area (Å²) < 4.78 is 27.2. The number of piperidine rings is 1. The van der Waals surface area contributed by atoms with E-state index in [2.05, 4.69) is 5.32 Å². The van der Waals surface area contributed by atoms with Gasteiger partial charge in [-0.25, -0.2) is 8.42 Å². The molecule has 2 aromatic rings. The molecule has 2 aliphatic rings. The highest BCUT2D eigenvalue weighted by molar-refractivity contribution is 7.93. The van der Waals surface area contributed by atoms with E-state index in [1.165, 1.54) is 0 Å². The number of nitrogens with one attached hydrogen (secondary N) is 1. The number of carboxylic acid groups (broad SMARTS) is 1. The molecule has 0 bridgehead atoms. The molecule has 4 rings (SSSR count). The molecule has 1 saturated carbocycles. The van der Waals surface area contributed by atoms with E-state index < -0.39 is 36.8 Å². The fourth-order valence-electron chi connectivity index (χ4n) is 6.23. The highest BCUT2D eigenvalue weighted by atomic mass is 35.5. The van der Waals surface area contributed by atoms with Gasteiger partial charge in [-0.15, -0.1) is 0 Å². The van der Waals surface area contributed by atoms with Crippen LogP contribution in [0.1, 0.15) is 83.3 Å². The van der Waals surface area contributed by atoms with Crippen molar-refractivity contribution in [1.82, 2.24) is 5.32 Å². The Morgan fingerprint density at radius 1 is 1.10 bits per heavy atom. The molecule has 1 saturated heterocycles. The van der Waals surface area contributed by atoms with Crippen LogP contribution in [0.3, 0.4) is 0 Å². The number of carbonyl (C=O) groups excluding carboxylic acids is 1. The van der Waals surface area contributed by atoms with E-state index in [9.17, 15) is 23.1 Å². The molecular formula is C30H37Cl2NO5S. The molecule has 4 atom stereocenters. The van der Waals surface area contributed by atoms with Gasteiger partial charge in [-0.2, -0.15) is 0 Å². The van der Waals surface area contributed by atoms with Crippen LogP contribution in [0.4, 0.5) is 0 Å². The van der Waals surface area contributed by atoms with Gasteiger partial charge in [0.25, 0.3) is 0 Å². The van der Waals surface area contributed by atoms with Crippen LogP contribution in [0.5, 0.6) is 0 Å². The van der Waals surface area contributed by atoms with E-state index in [-0.39, 0.29) is 37.0 Å². The maximum atomic E-state index is 14.8. The molecule has 39 heavy (non-hydrogen) atoms. The molecule has 1 amide bonds. The zero-order valence-electron chi connectivity index (χ0n) is 22.8. The second-order valence-electron chi connectivity index (χ2n) is 12.1. The van der Waals surface area contributed by atoms with Crippen LogP contribution in [-0.4, -0.2) is 36.2 Å². The van der Waals surface area contributed by atoms with Crippen molar-refractivity contribution in [2.24, 2.45) is 11.3 Å². The number of benzene rings is 2. The topological polar surface area (TPSA) is 101 Å². The lowest BCUT2D eigenvalue weighted by Gasteiger charge is -2.48. The first-order valence-corrected chi connectivity index (χ1v) is 15.7. The summed E-state index contributed by atoms with van der Waals surface area (Å²) in [6.45, 7) is 7.08. The fraction of sp³-hybridized carbons (Fsp3) is 0.533. The number of sulfone groups is 1. The van der Waals surface area contributed by atoms with Crippen LogP contribution >= 0.6 is 23.2 Å². The molecule has 1 aliphatic heterocycles. The Labute approximate surface area is 241 Å². The zero-order valence-corrected chi connectivity index (χ0v) is 25.2. The average molecular weight is 595 g/mol. The van der Waals surface area contributed by atoms with Gasteiger partial charge in [0, 0.05) is 22.0 Å². The Hall–Kier alpha value is -2.09. The van der Waals surface area contributed by atoms with Crippen LogP contribution in [0, 0.1) is 11.3 Å². The van der Waals surface area contributed by atoms with Crippen LogP contribution in [0.15, 0.2) is 48.5 Å². The van der Waals surface area contributed by atoms with Crippen molar-refractivity contribution in [3.8, 4) is 0 Å². The van der Waals surface area contributed by atoms with Crippen molar-refractivity contribution in [1.29, 1.82) is 0 Å². The summed E-state index contributed by atoms with van der Waals surface area (Å²) in [6.07, 6.45) is 2.06. The van der Waals surface area contributed by atoms with E-state index in [1.54, 1.807) is 51.1 Å². The number of carboxylic acids is 1. The molecule has 6 nitrogen and oxygen atoms in total. The summed E-state index contributed by atoms with van der Waals surface area (Å²) >= 11 is 12.6. The molecule has 0 spiro atoms. The average Bonchev–Trinajstić information content (AvgIpc) is 3.70. The van der Waals surface area contributed by atoms with Gasteiger partial charge in [0.15, 0.2) is 9.84 Å². The fourth-order valence-corrected chi connectivity index (χ4v) is 9.44. The Bertz CT molecular complexity index is 1360. The highest BCUT2D eigenvalue weighted by Crippen LogP contribution is 2.58. The van der Waals surface area contributed by atoms with E-state index >= 15 is 0 Å². The number of aliphatic carboxylic acids is 1. The summed E-state index contributed by atoms with van der Waals surface area (Å²) in [4.78, 5) is 25.2. The first-order valence-electron chi connectivity index (χ1n) is 13.5. The van der Waals surface area contributed by atoms with E-state index in [1.807, 2.05) is 25.1 Å². The van der Waals surface area contributed by atoms with Crippen molar-refractivity contribution in [2.75, 3.05) is 0 Å². The van der Waals surface area contributed by atoms with Crippen molar-refractivity contribution < 1.29 is 23.1 Å². The molecule has 1 heterocycles. The SMILES string of the molecule is CCC(C)(C)S(=O)(=O)[C@](C[C@@H]1NC(=O)[C@](C)(CC(=O)O)C[C@@H]1c1cccc(Cl)c1)(c1ccc(Cl)cc1)C1CC1. The molecule has 2 fully saturated rings. The van der Waals surface area contributed by atoms with Crippen molar-refractivity contribution >= 4 is 44.9 Å². The molecule has 2 N–H and O–H groups in total. The minimum Gasteiger partial charge on any atom is -0.481 e. The monoisotopic (exact) mass is 593 g/mol. The number of halogens is 2. The summed E-state index contributed by atoms with van der Waals surface area (Å²) in [5.74, 6) is -1.88. The number of hydrogen-bond donors (Lipinski definition) is 2. The number of hydrogen-bond acceptors (Lipinski definition) is 4. The largest absolute Gasteiger partial charge is 0.481 e. The summed E-state index contributed by atoms with van der Waals surface area (Å²) in [5.41, 5.74) is 0.366. The van der Waals surface area contributed by atoms with E-state index in [4.69, 9.17) is 23.2 Å². The van der Waals surface area contributed by atoms with Gasteiger partial charge >= 0.3 is 5.97 Å². The lowest BCUT2D eigenvalue weighted by atomic mass is 9.67. The van der Waals surface area contributed by atoms with Crippen LogP contribution in [-0.2, 0) is 24.2 Å². The second-order valence-corrected chi connectivity index (χ2v) is 15.8. The number of carbonyl (C=O) groups is 2. The molecule has 0 unspecified atom stereocenters. The zero-order chi connectivity index (χ0) is 28.8. The van der Waals surface area contributed by atoms with Crippen LogP contribution < -0.4 is 5.32 Å². The second kappa shape index (κ2) is 10.7. The molecule has 0 radical (unpaired) electrons. The number of amides is 1. The predicted octanol–water partition coefficient (Wildman–Crippen LogP) is 6.75. The summed E-state index contributed by atoms with van der Waals surface area (Å²) in [5, 5.41) is 13.7. The Morgan fingerprint density at radius 3 is 2.28 bits per heavy atom. The Balaban J connectivity index is 1.90. The number of rotatable bonds is 10. The maximum absolute atomic E-state index is 14.8. The van der Waals surface area contributed by atoms with E-state index in [0.29, 0.717) is 22.0 Å². The third-order valence-corrected chi connectivity index (χ3v) is 12.9. The summed E-state index contributed by atoms with van der Waals surface area (Å²) in [7, 11) is -3.81. The van der Waals surface area contributed by atoms with Gasteiger partial charge in [0.1, 0.15) is 4.75 Å². The molecule has 9 heteroatoms. The van der Waals surface area contributed by atoms with Crippen molar-refractivity contribution in [2.45, 2.75) is 87.7 Å². The normalized spacial score (nSPS) is 25.5. The minimum absolute atomic E-state index is 0.112. The lowest BCUT2D eigenvalue weighted by Crippen LogP contribution is -2.58. The van der Waals surface area contributed by atoms with Crippen molar-refractivity contribution in [3.05, 3.63) is 69.7 Å². The first kappa shape index (κ1) is 29.9. The lowest BCUT2D eigenvalue weighted by molar-refractivity contribution is -0.147. The van der Waals surface area contributed by atoms with Crippen LogP contribution in [0.25, 0.3) is 0 Å². The van der Waals surface area contributed by atoms with Gasteiger partial charge in [0.2, 0.25) is 5.91 Å². The van der Waals surface area contributed by atoms with Crippen molar-refractivity contribution in [3.63, 3.8) is 0 Å². The first-order chi connectivity index (χ1) is 18.2. The van der Waals surface area contributed by atoms with Gasteiger partial charge in [-0.05, 0) is 87.3 Å². The molecular weight excluding hydrogens is 557 g/mol. The third kappa shape index (κ3) is 5.47. The molecule has 212 valence electrons. The smallest absolute Gasteiger partial charge is 0.304 e. The van der Waals surface area contributed by atoms with Gasteiger partial charge in [-0.3, -0.25) is 9.59 Å². The predicted molar refractivity (Wildman–Crippen MR) is 155 cm³/mol. The quantitative estimate of drug-likeness (QED) is 0.317. The van der Waals surface area contributed by atoms with Crippen LogP contribution in [0.2, 0.25) is 10.0 Å². The summed E-state index contributed by atoms with van der Waals surface area (Å²) in [6, 6.07) is 13.8.